The summed E-state index contributed by atoms with van der Waals surface area (Å²) in [7, 11) is 0. The smallest absolute Gasteiger partial charge is 0.306 e. The van der Waals surface area contributed by atoms with Crippen molar-refractivity contribution < 1.29 is 28.6 Å². The molecule has 0 radical (unpaired) electrons. The molecule has 0 bridgehead atoms. The maximum Gasteiger partial charge on any atom is 0.306 e. The van der Waals surface area contributed by atoms with Crippen LogP contribution in [0.5, 0.6) is 0 Å². The molecule has 0 fully saturated rings. The normalized spacial score (nSPS) is 11.9. The predicted molar refractivity (Wildman–Crippen MR) is 298 cm³/mol. The number of hydrogen-bond donors (Lipinski definition) is 0. The predicted octanol–water partition coefficient (Wildman–Crippen LogP) is 21.1. The van der Waals surface area contributed by atoms with Crippen LogP contribution >= 0.6 is 0 Å². The second-order valence-corrected chi connectivity index (χ2v) is 21.7. The fraction of sp³-hybridized carbons (Fsp3) is 0.952. The number of esters is 3. The van der Waals surface area contributed by atoms with Gasteiger partial charge in [0.1, 0.15) is 13.2 Å². The molecule has 0 saturated heterocycles. The quantitative estimate of drug-likeness (QED) is 0.0343. The van der Waals surface area contributed by atoms with Crippen molar-refractivity contribution in [3.8, 4) is 0 Å². The summed E-state index contributed by atoms with van der Waals surface area (Å²) in [5.74, 6) is -0.838. The lowest BCUT2D eigenvalue weighted by atomic mass is 10.0. The van der Waals surface area contributed by atoms with Crippen molar-refractivity contribution in [3.05, 3.63) is 0 Å². The van der Waals surface area contributed by atoms with Gasteiger partial charge in [-0.2, -0.15) is 0 Å². The topological polar surface area (TPSA) is 78.9 Å². The van der Waals surface area contributed by atoms with Gasteiger partial charge >= 0.3 is 17.9 Å². The van der Waals surface area contributed by atoms with Gasteiger partial charge in [-0.15, -0.1) is 0 Å². The van der Waals surface area contributed by atoms with Crippen molar-refractivity contribution in [1.82, 2.24) is 0 Å². The molecule has 6 heteroatoms. The molecule has 0 aliphatic heterocycles. The summed E-state index contributed by atoms with van der Waals surface area (Å²) in [4.78, 5) is 38.0. The summed E-state index contributed by atoms with van der Waals surface area (Å²) in [5, 5.41) is 0. The molecule has 410 valence electrons. The Hall–Kier alpha value is -1.59. The molecule has 0 heterocycles. The van der Waals surface area contributed by atoms with Crippen LogP contribution in [0.2, 0.25) is 0 Å². The summed E-state index contributed by atoms with van der Waals surface area (Å²) < 4.78 is 16.8. The minimum absolute atomic E-state index is 0.0616. The van der Waals surface area contributed by atoms with E-state index >= 15 is 0 Å². The standard InChI is InChI=1S/C63H122O6/c1-4-7-10-13-16-19-21-23-24-25-26-27-28-29-30-31-32-33-34-35-36-37-38-39-40-42-44-47-50-53-56-62(65)68-59-60(58-67-61(64)55-52-49-46-43-18-15-12-9-6-3)69-63(66)57-54-51-48-45-41-22-20-17-14-11-8-5-2/h60H,4-59H2,1-3H3. The number of carbonyl (C=O) groups is 3. The summed E-state index contributed by atoms with van der Waals surface area (Å²) in [6, 6.07) is 0. The maximum atomic E-state index is 12.8. The van der Waals surface area contributed by atoms with E-state index in [9.17, 15) is 14.4 Å². The van der Waals surface area contributed by atoms with E-state index in [1.807, 2.05) is 0 Å². The lowest BCUT2D eigenvalue weighted by molar-refractivity contribution is -0.167. The Bertz CT molecular complexity index is 1030. The third-order valence-corrected chi connectivity index (χ3v) is 14.6. The Morgan fingerprint density at radius 3 is 0.580 bits per heavy atom. The van der Waals surface area contributed by atoms with Crippen molar-refractivity contribution >= 4 is 17.9 Å². The number of carbonyl (C=O) groups excluding carboxylic acids is 3. The highest BCUT2D eigenvalue weighted by atomic mass is 16.6. The van der Waals surface area contributed by atoms with Gasteiger partial charge in [0.2, 0.25) is 0 Å². The van der Waals surface area contributed by atoms with Gasteiger partial charge in [-0.1, -0.05) is 329 Å². The third kappa shape index (κ3) is 57.2. The molecule has 0 amide bonds. The number of unbranched alkanes of at least 4 members (excludes halogenated alkanes) is 48. The van der Waals surface area contributed by atoms with E-state index in [2.05, 4.69) is 20.8 Å². The van der Waals surface area contributed by atoms with Gasteiger partial charge < -0.3 is 14.2 Å². The van der Waals surface area contributed by atoms with Crippen LogP contribution in [-0.2, 0) is 28.6 Å². The van der Waals surface area contributed by atoms with Crippen molar-refractivity contribution in [3.63, 3.8) is 0 Å². The fourth-order valence-corrected chi connectivity index (χ4v) is 9.86. The van der Waals surface area contributed by atoms with Crippen LogP contribution in [0.3, 0.4) is 0 Å². The summed E-state index contributed by atoms with van der Waals surface area (Å²) in [6.07, 6.45) is 67.1. The molecule has 6 nitrogen and oxygen atoms in total. The highest BCUT2D eigenvalue weighted by Gasteiger charge is 2.19. The molecule has 69 heavy (non-hydrogen) atoms. The molecule has 1 atom stereocenters. The van der Waals surface area contributed by atoms with Gasteiger partial charge in [0.05, 0.1) is 0 Å². The monoisotopic (exact) mass is 975 g/mol. The SMILES string of the molecule is CCCCCCCCCCCCCCCCCCCCCCCCCCCCCCCCC(=O)OCC(COC(=O)CCCCCCCCCCC)OC(=O)CCCCCCCCCCCCCC. The first-order valence-corrected chi connectivity index (χ1v) is 31.5. The van der Waals surface area contributed by atoms with E-state index in [4.69, 9.17) is 14.2 Å². The van der Waals surface area contributed by atoms with Gasteiger partial charge in [0.15, 0.2) is 6.10 Å². The molecule has 0 aromatic rings. The van der Waals surface area contributed by atoms with Crippen LogP contribution in [0.1, 0.15) is 367 Å². The maximum absolute atomic E-state index is 12.8. The summed E-state index contributed by atoms with van der Waals surface area (Å²) >= 11 is 0. The second-order valence-electron chi connectivity index (χ2n) is 21.7. The number of rotatable bonds is 59. The molecular formula is C63H122O6. The van der Waals surface area contributed by atoms with Gasteiger partial charge in [-0.3, -0.25) is 14.4 Å². The molecule has 1 unspecified atom stereocenters. The molecule has 0 aromatic heterocycles. The Morgan fingerprint density at radius 2 is 0.391 bits per heavy atom. The number of hydrogen-bond acceptors (Lipinski definition) is 6. The van der Waals surface area contributed by atoms with Crippen LogP contribution in [0, 0.1) is 0 Å². The zero-order chi connectivity index (χ0) is 50.0. The van der Waals surface area contributed by atoms with Gasteiger partial charge in [0, 0.05) is 19.3 Å². The van der Waals surface area contributed by atoms with Gasteiger partial charge in [-0.25, -0.2) is 0 Å². The minimum atomic E-state index is -0.760. The van der Waals surface area contributed by atoms with E-state index in [0.717, 1.165) is 57.8 Å². The van der Waals surface area contributed by atoms with Crippen molar-refractivity contribution in [2.45, 2.75) is 374 Å². The zero-order valence-electron chi connectivity index (χ0n) is 47.1. The van der Waals surface area contributed by atoms with Crippen molar-refractivity contribution in [1.29, 1.82) is 0 Å². The molecular weight excluding hydrogens is 853 g/mol. The van der Waals surface area contributed by atoms with E-state index in [1.54, 1.807) is 0 Å². The van der Waals surface area contributed by atoms with Crippen LogP contribution in [-0.4, -0.2) is 37.2 Å². The third-order valence-electron chi connectivity index (χ3n) is 14.6. The Kier molecular flexibility index (Phi) is 57.6. The average molecular weight is 976 g/mol. The summed E-state index contributed by atoms with van der Waals surface area (Å²) in [6.45, 7) is 6.68. The Labute approximate surface area is 431 Å². The lowest BCUT2D eigenvalue weighted by Gasteiger charge is -2.18. The van der Waals surface area contributed by atoms with E-state index in [0.29, 0.717) is 19.3 Å². The Balaban J connectivity index is 3.97. The van der Waals surface area contributed by atoms with Crippen molar-refractivity contribution in [2.75, 3.05) is 13.2 Å². The van der Waals surface area contributed by atoms with E-state index < -0.39 is 6.10 Å². The first kappa shape index (κ1) is 67.4. The first-order valence-electron chi connectivity index (χ1n) is 31.5. The molecule has 0 aliphatic rings. The largest absolute Gasteiger partial charge is 0.462 e. The van der Waals surface area contributed by atoms with Crippen molar-refractivity contribution in [2.24, 2.45) is 0 Å². The van der Waals surface area contributed by atoms with E-state index in [1.165, 1.54) is 270 Å². The first-order chi connectivity index (χ1) is 34.0. The molecule has 0 N–H and O–H groups in total. The number of ether oxygens (including phenoxy) is 3. The van der Waals surface area contributed by atoms with Crippen LogP contribution in [0.15, 0.2) is 0 Å². The highest BCUT2D eigenvalue weighted by Crippen LogP contribution is 2.18. The highest BCUT2D eigenvalue weighted by molar-refractivity contribution is 5.71. The molecule has 0 aromatic carbocycles. The van der Waals surface area contributed by atoms with Gasteiger partial charge in [0.25, 0.3) is 0 Å². The zero-order valence-corrected chi connectivity index (χ0v) is 47.1. The Morgan fingerprint density at radius 1 is 0.232 bits per heavy atom. The second kappa shape index (κ2) is 59.0. The van der Waals surface area contributed by atoms with E-state index in [-0.39, 0.29) is 31.1 Å². The van der Waals surface area contributed by atoms with Gasteiger partial charge in [-0.05, 0) is 19.3 Å². The fourth-order valence-electron chi connectivity index (χ4n) is 9.86. The van der Waals surface area contributed by atoms with Crippen LogP contribution in [0.4, 0.5) is 0 Å². The lowest BCUT2D eigenvalue weighted by Crippen LogP contribution is -2.30. The minimum Gasteiger partial charge on any atom is -0.462 e. The van der Waals surface area contributed by atoms with Crippen LogP contribution < -0.4 is 0 Å². The molecule has 0 saturated carbocycles. The molecule has 0 spiro atoms. The molecule has 0 aliphatic carbocycles. The molecule has 0 rings (SSSR count). The summed E-state index contributed by atoms with van der Waals surface area (Å²) in [5.41, 5.74) is 0. The average Bonchev–Trinajstić information content (AvgIpc) is 3.35. The van der Waals surface area contributed by atoms with Crippen LogP contribution in [0.25, 0.3) is 0 Å².